The maximum Gasteiger partial charge on any atom is 0.326 e. The van der Waals surface area contributed by atoms with Crippen molar-refractivity contribution in [3.63, 3.8) is 0 Å². The van der Waals surface area contributed by atoms with Crippen molar-refractivity contribution >= 4 is 40.9 Å². The van der Waals surface area contributed by atoms with Crippen LogP contribution in [0.1, 0.15) is 44.2 Å². The standard InChI is InChI=1S/C29H30ClN3O4/c1-29(2,3)37-26(34)18-33-25-15-8-7-14-22(25)23(19-10-5-4-6-11-19)17-24(27(33)35)32-28(36)31-21-13-9-12-20(30)16-21/h4-16,23-24H,17-18H2,1-3H3,(H2,31,32,36). The fourth-order valence-corrected chi connectivity index (χ4v) is 4.67. The van der Waals surface area contributed by atoms with Crippen molar-refractivity contribution in [1.29, 1.82) is 0 Å². The summed E-state index contributed by atoms with van der Waals surface area (Å²) >= 11 is 6.04. The first-order chi connectivity index (χ1) is 17.6. The number of fused-ring (bicyclic) bond motifs is 1. The molecule has 4 rings (SSSR count). The van der Waals surface area contributed by atoms with Crippen LogP contribution in [0.5, 0.6) is 0 Å². The minimum atomic E-state index is -0.903. The lowest BCUT2D eigenvalue weighted by Gasteiger charge is -2.27. The molecular weight excluding hydrogens is 490 g/mol. The molecule has 7 nitrogen and oxygen atoms in total. The largest absolute Gasteiger partial charge is 0.459 e. The first kappa shape index (κ1) is 26.2. The maximum absolute atomic E-state index is 13.9. The Bertz CT molecular complexity index is 1290. The Morgan fingerprint density at radius 3 is 2.41 bits per heavy atom. The summed E-state index contributed by atoms with van der Waals surface area (Å²) in [5, 5.41) is 6.04. The number of benzene rings is 3. The van der Waals surface area contributed by atoms with E-state index in [1.807, 2.05) is 54.6 Å². The molecule has 0 spiro atoms. The lowest BCUT2D eigenvalue weighted by Crippen LogP contribution is -2.51. The van der Waals surface area contributed by atoms with E-state index in [9.17, 15) is 14.4 Å². The Balaban J connectivity index is 1.69. The number of amides is 3. The van der Waals surface area contributed by atoms with Gasteiger partial charge in [-0.15, -0.1) is 0 Å². The number of halogens is 1. The Hall–Kier alpha value is -3.84. The highest BCUT2D eigenvalue weighted by Gasteiger charge is 2.38. The molecule has 0 aliphatic carbocycles. The van der Waals surface area contributed by atoms with Gasteiger partial charge in [0, 0.05) is 22.3 Å². The molecule has 0 bridgehead atoms. The van der Waals surface area contributed by atoms with E-state index >= 15 is 0 Å². The summed E-state index contributed by atoms with van der Waals surface area (Å²) in [4.78, 5) is 41.1. The molecule has 1 aliphatic rings. The van der Waals surface area contributed by atoms with Crippen molar-refractivity contribution in [1.82, 2.24) is 5.32 Å². The molecule has 2 atom stereocenters. The summed E-state index contributed by atoms with van der Waals surface area (Å²) in [7, 11) is 0. The number of nitrogens with zero attached hydrogens (tertiary/aromatic N) is 1. The molecule has 1 aliphatic heterocycles. The molecule has 0 fully saturated rings. The molecule has 8 heteroatoms. The Labute approximate surface area is 221 Å². The van der Waals surface area contributed by atoms with Crippen LogP contribution < -0.4 is 15.5 Å². The van der Waals surface area contributed by atoms with Gasteiger partial charge >= 0.3 is 12.0 Å². The van der Waals surface area contributed by atoms with Gasteiger partial charge in [0.25, 0.3) is 0 Å². The quantitative estimate of drug-likeness (QED) is 0.421. The minimum Gasteiger partial charge on any atom is -0.459 e. The zero-order chi connectivity index (χ0) is 26.6. The lowest BCUT2D eigenvalue weighted by molar-refractivity contribution is -0.153. The molecule has 3 aromatic carbocycles. The molecule has 0 aromatic heterocycles. The summed E-state index contributed by atoms with van der Waals surface area (Å²) in [6.45, 7) is 5.06. The average Bonchev–Trinajstić information content (AvgIpc) is 2.94. The van der Waals surface area contributed by atoms with Crippen LogP contribution in [-0.4, -0.2) is 36.1 Å². The number of carbonyl (C=O) groups excluding carboxylic acids is 3. The van der Waals surface area contributed by atoms with Crippen molar-refractivity contribution < 1.29 is 19.1 Å². The number of ether oxygens (including phenoxy) is 1. The average molecular weight is 520 g/mol. The number of esters is 1. The highest BCUT2D eigenvalue weighted by Crippen LogP contribution is 2.39. The van der Waals surface area contributed by atoms with Gasteiger partial charge in [-0.25, -0.2) is 4.79 Å². The molecule has 2 unspecified atom stereocenters. The molecule has 192 valence electrons. The second-order valence-electron chi connectivity index (χ2n) is 9.93. The zero-order valence-electron chi connectivity index (χ0n) is 21.0. The van der Waals surface area contributed by atoms with E-state index in [1.54, 1.807) is 45.0 Å². The lowest BCUT2D eigenvalue weighted by atomic mass is 9.86. The Morgan fingerprint density at radius 2 is 1.70 bits per heavy atom. The highest BCUT2D eigenvalue weighted by molar-refractivity contribution is 6.30. The summed E-state index contributed by atoms with van der Waals surface area (Å²) in [5.41, 5.74) is 2.31. The predicted molar refractivity (Wildman–Crippen MR) is 145 cm³/mol. The van der Waals surface area contributed by atoms with Gasteiger partial charge in [0.15, 0.2) is 0 Å². The fourth-order valence-electron chi connectivity index (χ4n) is 4.48. The molecule has 0 radical (unpaired) electrons. The van der Waals surface area contributed by atoms with Gasteiger partial charge in [-0.05, 0) is 62.6 Å². The predicted octanol–water partition coefficient (Wildman–Crippen LogP) is 5.74. The number of para-hydroxylation sites is 1. The van der Waals surface area contributed by atoms with Crippen LogP contribution in [0.3, 0.4) is 0 Å². The Kier molecular flexibility index (Phi) is 7.83. The van der Waals surface area contributed by atoms with Crippen LogP contribution in [-0.2, 0) is 14.3 Å². The fraction of sp³-hybridized carbons (Fsp3) is 0.276. The Morgan fingerprint density at radius 1 is 1.00 bits per heavy atom. The van der Waals surface area contributed by atoms with Gasteiger partial charge in [0.2, 0.25) is 5.91 Å². The second kappa shape index (κ2) is 11.0. The molecule has 3 amide bonds. The highest BCUT2D eigenvalue weighted by atomic mass is 35.5. The van der Waals surface area contributed by atoms with Crippen molar-refractivity contribution in [2.24, 2.45) is 0 Å². The van der Waals surface area contributed by atoms with Crippen LogP contribution in [0.4, 0.5) is 16.2 Å². The molecule has 37 heavy (non-hydrogen) atoms. The molecule has 0 saturated carbocycles. The van der Waals surface area contributed by atoms with E-state index in [-0.39, 0.29) is 12.5 Å². The van der Waals surface area contributed by atoms with Crippen molar-refractivity contribution in [3.8, 4) is 0 Å². The molecule has 2 N–H and O–H groups in total. The maximum atomic E-state index is 13.9. The third kappa shape index (κ3) is 6.68. The van der Waals surface area contributed by atoms with E-state index in [2.05, 4.69) is 10.6 Å². The van der Waals surface area contributed by atoms with Crippen molar-refractivity contribution in [2.45, 2.75) is 44.8 Å². The number of anilines is 2. The van der Waals surface area contributed by atoms with Gasteiger partial charge < -0.3 is 15.4 Å². The summed E-state index contributed by atoms with van der Waals surface area (Å²) in [6.07, 6.45) is 0.313. The van der Waals surface area contributed by atoms with Gasteiger partial charge in [0.1, 0.15) is 18.2 Å². The first-order valence-corrected chi connectivity index (χ1v) is 12.5. The normalized spacial score (nSPS) is 17.4. The van der Waals surface area contributed by atoms with Gasteiger partial charge in [-0.3, -0.25) is 14.5 Å². The molecule has 1 heterocycles. The number of carbonyl (C=O) groups is 3. The van der Waals surface area contributed by atoms with Crippen LogP contribution in [0.15, 0.2) is 78.9 Å². The van der Waals surface area contributed by atoms with E-state index in [4.69, 9.17) is 16.3 Å². The van der Waals surface area contributed by atoms with Crippen LogP contribution in [0, 0.1) is 0 Å². The van der Waals surface area contributed by atoms with E-state index in [0.29, 0.717) is 22.8 Å². The number of hydrogen-bond acceptors (Lipinski definition) is 4. The first-order valence-electron chi connectivity index (χ1n) is 12.1. The smallest absolute Gasteiger partial charge is 0.326 e. The van der Waals surface area contributed by atoms with E-state index in [1.165, 1.54) is 4.90 Å². The molecule has 0 saturated heterocycles. The third-order valence-electron chi connectivity index (χ3n) is 5.94. The summed E-state index contributed by atoms with van der Waals surface area (Å²) in [5.74, 6) is -1.12. The van der Waals surface area contributed by atoms with Crippen LogP contribution >= 0.6 is 11.6 Å². The second-order valence-corrected chi connectivity index (χ2v) is 10.4. The molecule has 3 aromatic rings. The minimum absolute atomic E-state index is 0.193. The van der Waals surface area contributed by atoms with Crippen LogP contribution in [0.2, 0.25) is 5.02 Å². The molecular formula is C29H30ClN3O4. The van der Waals surface area contributed by atoms with E-state index in [0.717, 1.165) is 11.1 Å². The number of nitrogens with one attached hydrogen (secondary N) is 2. The van der Waals surface area contributed by atoms with Gasteiger partial charge in [0.05, 0.1) is 0 Å². The number of urea groups is 1. The topological polar surface area (TPSA) is 87.7 Å². The van der Waals surface area contributed by atoms with Crippen molar-refractivity contribution in [2.75, 3.05) is 16.8 Å². The van der Waals surface area contributed by atoms with E-state index < -0.39 is 29.6 Å². The monoisotopic (exact) mass is 519 g/mol. The summed E-state index contributed by atoms with van der Waals surface area (Å²) < 4.78 is 5.52. The zero-order valence-corrected chi connectivity index (χ0v) is 21.8. The van der Waals surface area contributed by atoms with Crippen molar-refractivity contribution in [3.05, 3.63) is 95.0 Å². The number of hydrogen-bond donors (Lipinski definition) is 2. The summed E-state index contributed by atoms with van der Waals surface area (Å²) in [6, 6.07) is 22.6. The van der Waals surface area contributed by atoms with Gasteiger partial charge in [-0.2, -0.15) is 0 Å². The van der Waals surface area contributed by atoms with Crippen LogP contribution in [0.25, 0.3) is 0 Å². The number of rotatable bonds is 5. The van der Waals surface area contributed by atoms with Gasteiger partial charge in [-0.1, -0.05) is 66.2 Å². The third-order valence-corrected chi connectivity index (χ3v) is 6.17. The SMILES string of the molecule is CC(C)(C)OC(=O)CN1C(=O)C(NC(=O)Nc2cccc(Cl)c2)CC(c2ccccc2)c2ccccc21.